The first-order valence-corrected chi connectivity index (χ1v) is 8.00. The van der Waals surface area contributed by atoms with Crippen molar-refractivity contribution in [2.45, 2.75) is 0 Å². The minimum absolute atomic E-state index is 0.202. The summed E-state index contributed by atoms with van der Waals surface area (Å²) in [5, 5.41) is 0.314. The summed E-state index contributed by atoms with van der Waals surface area (Å²) in [6.45, 7) is 3.74. The van der Waals surface area contributed by atoms with E-state index in [0.717, 1.165) is 22.2 Å². The maximum Gasteiger partial charge on any atom is 0.293 e. The Kier molecular flexibility index (Phi) is 4.41. The van der Waals surface area contributed by atoms with Gasteiger partial charge in [0.25, 0.3) is 11.1 Å². The number of halogens is 1. The molecule has 4 nitrogen and oxygen atoms in total. The van der Waals surface area contributed by atoms with Crippen LogP contribution in [0, 0.1) is 0 Å². The Morgan fingerprint density at radius 2 is 2.09 bits per heavy atom. The van der Waals surface area contributed by atoms with Crippen molar-refractivity contribution in [2.75, 3.05) is 6.54 Å². The first-order chi connectivity index (χ1) is 11.1. The molecule has 3 rings (SSSR count). The Morgan fingerprint density at radius 1 is 1.26 bits per heavy atom. The van der Waals surface area contributed by atoms with Crippen molar-refractivity contribution < 1.29 is 14.0 Å². The van der Waals surface area contributed by atoms with Crippen LogP contribution in [0.2, 0.25) is 5.02 Å². The number of furan rings is 1. The number of hydrogen-bond acceptors (Lipinski definition) is 4. The fourth-order valence-electron chi connectivity index (χ4n) is 2.14. The Balaban J connectivity index is 1.85. The summed E-state index contributed by atoms with van der Waals surface area (Å²) in [6, 6.07) is 10.8. The largest absolute Gasteiger partial charge is 0.457 e. The van der Waals surface area contributed by atoms with Crippen molar-refractivity contribution in [3.63, 3.8) is 0 Å². The average molecular weight is 346 g/mol. The molecule has 0 spiro atoms. The van der Waals surface area contributed by atoms with Crippen molar-refractivity contribution in [3.05, 3.63) is 64.7 Å². The van der Waals surface area contributed by atoms with Crippen LogP contribution in [-0.2, 0) is 4.79 Å². The van der Waals surface area contributed by atoms with Gasteiger partial charge in [-0.25, -0.2) is 0 Å². The van der Waals surface area contributed by atoms with Crippen LogP contribution in [0.5, 0.6) is 0 Å². The molecule has 2 aromatic rings. The zero-order valence-corrected chi connectivity index (χ0v) is 13.6. The van der Waals surface area contributed by atoms with Gasteiger partial charge in [0.1, 0.15) is 11.5 Å². The number of thioether (sulfide) groups is 1. The monoisotopic (exact) mass is 345 g/mol. The highest BCUT2D eigenvalue weighted by Crippen LogP contribution is 2.33. The summed E-state index contributed by atoms with van der Waals surface area (Å²) in [6.07, 6.45) is 3.09. The maximum absolute atomic E-state index is 12.1. The van der Waals surface area contributed by atoms with Crippen LogP contribution in [0.25, 0.3) is 17.4 Å². The summed E-state index contributed by atoms with van der Waals surface area (Å²) >= 11 is 6.86. The van der Waals surface area contributed by atoms with E-state index in [1.54, 1.807) is 30.3 Å². The lowest BCUT2D eigenvalue weighted by Crippen LogP contribution is -2.27. The Bertz CT molecular complexity index is 825. The molecule has 6 heteroatoms. The van der Waals surface area contributed by atoms with E-state index in [-0.39, 0.29) is 17.7 Å². The molecule has 116 valence electrons. The van der Waals surface area contributed by atoms with Gasteiger partial charge in [-0.2, -0.15) is 0 Å². The van der Waals surface area contributed by atoms with Gasteiger partial charge in [0.2, 0.25) is 0 Å². The molecule has 0 bridgehead atoms. The van der Waals surface area contributed by atoms with E-state index in [2.05, 4.69) is 6.58 Å². The molecule has 0 aliphatic carbocycles. The normalized spacial score (nSPS) is 16.4. The van der Waals surface area contributed by atoms with Gasteiger partial charge in [-0.1, -0.05) is 29.8 Å². The lowest BCUT2D eigenvalue weighted by molar-refractivity contribution is -0.122. The summed E-state index contributed by atoms with van der Waals surface area (Å²) in [4.78, 5) is 25.4. The number of hydrogen-bond donors (Lipinski definition) is 0. The minimum atomic E-state index is -0.333. The summed E-state index contributed by atoms with van der Waals surface area (Å²) in [7, 11) is 0. The summed E-state index contributed by atoms with van der Waals surface area (Å²) in [5.74, 6) is 0.814. The van der Waals surface area contributed by atoms with Gasteiger partial charge < -0.3 is 4.42 Å². The van der Waals surface area contributed by atoms with Crippen LogP contribution in [0.1, 0.15) is 5.76 Å². The summed E-state index contributed by atoms with van der Waals surface area (Å²) < 4.78 is 5.71. The first kappa shape index (κ1) is 15.6. The van der Waals surface area contributed by atoms with Crippen LogP contribution in [0.4, 0.5) is 4.79 Å². The van der Waals surface area contributed by atoms with Crippen molar-refractivity contribution in [1.29, 1.82) is 0 Å². The van der Waals surface area contributed by atoms with Gasteiger partial charge in [0.15, 0.2) is 0 Å². The Hall–Kier alpha value is -2.24. The van der Waals surface area contributed by atoms with Crippen molar-refractivity contribution in [1.82, 2.24) is 4.90 Å². The second-order valence-corrected chi connectivity index (χ2v) is 6.22. The van der Waals surface area contributed by atoms with Crippen LogP contribution in [0.3, 0.4) is 0 Å². The van der Waals surface area contributed by atoms with Crippen molar-refractivity contribution in [3.8, 4) is 11.3 Å². The third-order valence-electron chi connectivity index (χ3n) is 3.19. The molecule has 2 heterocycles. The molecule has 0 radical (unpaired) electrons. The molecule has 1 fully saturated rings. The molecule has 1 aliphatic rings. The lowest BCUT2D eigenvalue weighted by atomic mass is 10.2. The highest BCUT2D eigenvalue weighted by atomic mass is 35.5. The molecule has 0 atom stereocenters. The van der Waals surface area contributed by atoms with E-state index in [0.29, 0.717) is 21.4 Å². The van der Waals surface area contributed by atoms with Gasteiger partial charge >= 0.3 is 0 Å². The Labute approximate surface area is 142 Å². The van der Waals surface area contributed by atoms with Crippen LogP contribution >= 0.6 is 23.4 Å². The fourth-order valence-corrected chi connectivity index (χ4v) is 3.16. The molecule has 1 aromatic carbocycles. The Morgan fingerprint density at radius 3 is 2.83 bits per heavy atom. The van der Waals surface area contributed by atoms with E-state index >= 15 is 0 Å². The zero-order chi connectivity index (χ0) is 16.4. The molecule has 1 saturated heterocycles. The maximum atomic E-state index is 12.1. The van der Waals surface area contributed by atoms with Gasteiger partial charge in [-0.15, -0.1) is 6.58 Å². The van der Waals surface area contributed by atoms with Crippen LogP contribution in [0.15, 0.2) is 58.4 Å². The number of rotatable bonds is 4. The molecular formula is C17H12ClNO3S. The zero-order valence-electron chi connectivity index (χ0n) is 12.0. The topological polar surface area (TPSA) is 50.5 Å². The number of carbonyl (C=O) groups is 2. The van der Waals surface area contributed by atoms with E-state index in [1.807, 2.05) is 12.1 Å². The van der Waals surface area contributed by atoms with E-state index < -0.39 is 0 Å². The molecular weight excluding hydrogens is 334 g/mol. The predicted octanol–water partition coefficient (Wildman–Crippen LogP) is 4.82. The van der Waals surface area contributed by atoms with Gasteiger partial charge in [0.05, 0.1) is 4.91 Å². The molecule has 0 unspecified atom stereocenters. The van der Waals surface area contributed by atoms with Crippen LogP contribution < -0.4 is 0 Å². The van der Waals surface area contributed by atoms with Gasteiger partial charge in [-0.05, 0) is 36.0 Å². The van der Waals surface area contributed by atoms with E-state index in [9.17, 15) is 9.59 Å². The smallest absolute Gasteiger partial charge is 0.293 e. The van der Waals surface area contributed by atoms with Crippen molar-refractivity contribution >= 4 is 40.6 Å². The third-order valence-corrected chi connectivity index (χ3v) is 4.34. The SMILES string of the molecule is C=CCN1C(=O)S/C(=C/c2ccc(-c3cccc(Cl)c3)o2)C1=O. The highest BCUT2D eigenvalue weighted by Gasteiger charge is 2.34. The third kappa shape index (κ3) is 3.25. The fraction of sp³-hybridized carbons (Fsp3) is 0.0588. The van der Waals surface area contributed by atoms with Gasteiger partial charge in [0, 0.05) is 23.2 Å². The number of amides is 2. The second-order valence-electron chi connectivity index (χ2n) is 4.79. The number of imide groups is 1. The highest BCUT2D eigenvalue weighted by molar-refractivity contribution is 8.18. The van der Waals surface area contributed by atoms with E-state index in [1.165, 1.54) is 6.08 Å². The molecule has 1 aromatic heterocycles. The molecule has 23 heavy (non-hydrogen) atoms. The molecule has 0 N–H and O–H groups in total. The number of benzene rings is 1. The number of nitrogens with zero attached hydrogens (tertiary/aromatic N) is 1. The van der Waals surface area contributed by atoms with E-state index in [4.69, 9.17) is 16.0 Å². The lowest BCUT2D eigenvalue weighted by Gasteiger charge is -2.07. The summed E-state index contributed by atoms with van der Waals surface area (Å²) in [5.41, 5.74) is 0.844. The quantitative estimate of drug-likeness (QED) is 0.588. The standard InChI is InChI=1S/C17H12ClNO3S/c1-2-8-19-16(20)15(23-17(19)21)10-13-6-7-14(22-13)11-4-3-5-12(18)9-11/h2-7,9-10H,1,8H2/b15-10+. The minimum Gasteiger partial charge on any atom is -0.457 e. The predicted molar refractivity (Wildman–Crippen MR) is 92.0 cm³/mol. The second kappa shape index (κ2) is 6.48. The number of carbonyl (C=O) groups excluding carboxylic acids is 2. The van der Waals surface area contributed by atoms with Crippen molar-refractivity contribution in [2.24, 2.45) is 0 Å². The van der Waals surface area contributed by atoms with Crippen LogP contribution in [-0.4, -0.2) is 22.6 Å². The molecule has 2 amide bonds. The first-order valence-electron chi connectivity index (χ1n) is 6.80. The molecule has 0 saturated carbocycles. The average Bonchev–Trinajstić information content (AvgIpc) is 3.09. The van der Waals surface area contributed by atoms with Gasteiger partial charge in [-0.3, -0.25) is 14.5 Å². The molecule has 1 aliphatic heterocycles.